The van der Waals surface area contributed by atoms with Crippen molar-refractivity contribution in [2.45, 2.75) is 6.42 Å². The third kappa shape index (κ3) is 2.07. The highest BCUT2D eigenvalue weighted by molar-refractivity contribution is 5.87. The van der Waals surface area contributed by atoms with Crippen LogP contribution >= 0.6 is 0 Å². The predicted octanol–water partition coefficient (Wildman–Crippen LogP) is 2.08. The van der Waals surface area contributed by atoms with Crippen LogP contribution < -0.4 is 9.47 Å². The van der Waals surface area contributed by atoms with Crippen LogP contribution in [-0.2, 0) is 0 Å². The van der Waals surface area contributed by atoms with Gasteiger partial charge in [0, 0.05) is 12.0 Å². The fourth-order valence-electron chi connectivity index (χ4n) is 1.97. The summed E-state index contributed by atoms with van der Waals surface area (Å²) < 4.78 is 25.1. The second kappa shape index (κ2) is 4.84. The molecule has 104 valence electrons. The van der Waals surface area contributed by atoms with Gasteiger partial charge in [-0.05, 0) is 18.2 Å². The van der Waals surface area contributed by atoms with Crippen LogP contribution in [0.4, 0.5) is 4.39 Å². The molecule has 1 aliphatic rings. The van der Waals surface area contributed by atoms with E-state index in [1.54, 1.807) is 6.07 Å². The first-order valence-electron chi connectivity index (χ1n) is 6.04. The second-order valence-corrected chi connectivity index (χ2v) is 4.28. The number of nitrogens with one attached hydrogen (secondary N) is 1. The molecule has 0 atom stereocenters. The first kappa shape index (κ1) is 12.5. The maximum Gasteiger partial charge on any atom is 0.353 e. The van der Waals surface area contributed by atoms with Crippen LogP contribution in [0.25, 0.3) is 11.3 Å². The zero-order chi connectivity index (χ0) is 14.1. The van der Waals surface area contributed by atoms with E-state index in [0.717, 1.165) is 0 Å². The normalized spacial score (nSPS) is 13.8. The number of aromatic carboxylic acids is 1. The minimum Gasteiger partial charge on any atom is -0.489 e. The van der Waals surface area contributed by atoms with Crippen molar-refractivity contribution in [1.82, 2.24) is 10.2 Å². The molecule has 1 aromatic heterocycles. The van der Waals surface area contributed by atoms with Crippen molar-refractivity contribution >= 4 is 5.97 Å². The number of aromatic amines is 1. The zero-order valence-corrected chi connectivity index (χ0v) is 10.4. The second-order valence-electron chi connectivity index (χ2n) is 4.28. The van der Waals surface area contributed by atoms with Gasteiger partial charge in [0.1, 0.15) is 5.69 Å². The summed E-state index contributed by atoms with van der Waals surface area (Å²) in [6.07, 6.45) is 0.676. The number of halogens is 1. The number of H-pyrrole nitrogens is 1. The molecule has 0 amide bonds. The lowest BCUT2D eigenvalue weighted by atomic mass is 10.1. The van der Waals surface area contributed by atoms with Crippen molar-refractivity contribution in [3.05, 3.63) is 29.7 Å². The number of benzene rings is 1. The van der Waals surface area contributed by atoms with Gasteiger partial charge in [0.25, 0.3) is 0 Å². The summed E-state index contributed by atoms with van der Waals surface area (Å²) in [4.78, 5) is 10.8. The Morgan fingerprint density at radius 1 is 1.35 bits per heavy atom. The quantitative estimate of drug-likeness (QED) is 0.878. The maximum atomic E-state index is 14.4. The molecule has 0 fully saturated rings. The number of hydrogen-bond acceptors (Lipinski definition) is 4. The fraction of sp³-hybridized carbons (Fsp3) is 0.231. The van der Waals surface area contributed by atoms with Gasteiger partial charge in [-0.1, -0.05) is 0 Å². The van der Waals surface area contributed by atoms with Crippen LogP contribution in [0.3, 0.4) is 0 Å². The van der Waals surface area contributed by atoms with Gasteiger partial charge in [0.15, 0.2) is 17.3 Å². The summed E-state index contributed by atoms with van der Waals surface area (Å²) in [6.45, 7) is 0.839. The Morgan fingerprint density at radius 3 is 2.90 bits per heavy atom. The molecule has 0 radical (unpaired) electrons. The molecular formula is C13H11FN2O4. The van der Waals surface area contributed by atoms with Crippen LogP contribution in [0.2, 0.25) is 0 Å². The molecule has 0 saturated carbocycles. The molecule has 0 saturated heterocycles. The number of fused-ring (bicyclic) bond motifs is 1. The number of rotatable bonds is 2. The lowest BCUT2D eigenvalue weighted by Gasteiger charge is -2.10. The SMILES string of the molecule is O=C(O)c1cc(-c2ccc3c(c2F)OCCCO3)n[nH]1. The molecule has 0 unspecified atom stereocenters. The first-order chi connectivity index (χ1) is 9.66. The van der Waals surface area contributed by atoms with E-state index >= 15 is 0 Å². The van der Waals surface area contributed by atoms with Gasteiger partial charge in [0.05, 0.1) is 18.9 Å². The fourth-order valence-corrected chi connectivity index (χ4v) is 1.97. The minimum atomic E-state index is -1.15. The molecule has 2 heterocycles. The van der Waals surface area contributed by atoms with Gasteiger partial charge in [0.2, 0.25) is 0 Å². The Bertz CT molecular complexity index is 668. The van der Waals surface area contributed by atoms with Gasteiger partial charge in [-0.3, -0.25) is 5.10 Å². The summed E-state index contributed by atoms with van der Waals surface area (Å²) in [5.74, 6) is -1.37. The van der Waals surface area contributed by atoms with Crippen LogP contribution in [0.15, 0.2) is 18.2 Å². The molecule has 2 N–H and O–H groups in total. The van der Waals surface area contributed by atoms with E-state index in [2.05, 4.69) is 10.2 Å². The average molecular weight is 278 g/mol. The van der Waals surface area contributed by atoms with E-state index in [1.807, 2.05) is 0 Å². The van der Waals surface area contributed by atoms with Crippen molar-refractivity contribution in [3.8, 4) is 22.8 Å². The Balaban J connectivity index is 2.05. The monoisotopic (exact) mass is 278 g/mol. The summed E-state index contributed by atoms with van der Waals surface area (Å²) in [6, 6.07) is 4.35. The lowest BCUT2D eigenvalue weighted by molar-refractivity contribution is 0.0690. The predicted molar refractivity (Wildman–Crippen MR) is 66.5 cm³/mol. The van der Waals surface area contributed by atoms with Crippen LogP contribution in [0.1, 0.15) is 16.9 Å². The van der Waals surface area contributed by atoms with Crippen molar-refractivity contribution in [2.24, 2.45) is 0 Å². The molecule has 6 nitrogen and oxygen atoms in total. The molecule has 1 aliphatic heterocycles. The van der Waals surface area contributed by atoms with Gasteiger partial charge in [-0.15, -0.1) is 0 Å². The Labute approximate surface area is 113 Å². The van der Waals surface area contributed by atoms with E-state index in [0.29, 0.717) is 25.4 Å². The van der Waals surface area contributed by atoms with E-state index in [9.17, 15) is 9.18 Å². The van der Waals surface area contributed by atoms with Crippen molar-refractivity contribution in [3.63, 3.8) is 0 Å². The number of hydrogen-bond donors (Lipinski definition) is 2. The van der Waals surface area contributed by atoms with Gasteiger partial charge >= 0.3 is 5.97 Å². The van der Waals surface area contributed by atoms with Crippen molar-refractivity contribution in [2.75, 3.05) is 13.2 Å². The Kier molecular flexibility index (Phi) is 3.02. The van der Waals surface area contributed by atoms with E-state index in [-0.39, 0.29) is 22.7 Å². The molecular weight excluding hydrogens is 267 g/mol. The van der Waals surface area contributed by atoms with E-state index < -0.39 is 11.8 Å². The summed E-state index contributed by atoms with van der Waals surface area (Å²) in [5, 5.41) is 15.0. The molecule has 2 aromatic rings. The van der Waals surface area contributed by atoms with Crippen molar-refractivity contribution < 1.29 is 23.8 Å². The Morgan fingerprint density at radius 2 is 2.15 bits per heavy atom. The summed E-state index contributed by atoms with van der Waals surface area (Å²) in [5.41, 5.74) is 0.264. The standard InChI is InChI=1S/C13H11FN2O4/c14-11-7(8-6-9(13(17)18)16-15-8)2-3-10-12(11)20-5-1-4-19-10/h2-3,6H,1,4-5H2,(H,15,16)(H,17,18). The number of nitrogens with zero attached hydrogens (tertiary/aromatic N) is 1. The lowest BCUT2D eigenvalue weighted by Crippen LogP contribution is -1.98. The third-order valence-corrected chi connectivity index (χ3v) is 2.94. The van der Waals surface area contributed by atoms with Gasteiger partial charge in [-0.25, -0.2) is 9.18 Å². The maximum absolute atomic E-state index is 14.4. The highest BCUT2D eigenvalue weighted by Crippen LogP contribution is 2.37. The van der Waals surface area contributed by atoms with E-state index in [4.69, 9.17) is 14.6 Å². The number of carbonyl (C=O) groups is 1. The summed E-state index contributed by atoms with van der Waals surface area (Å²) in [7, 11) is 0. The molecule has 3 rings (SSSR count). The number of carboxylic acid groups (broad SMARTS) is 1. The molecule has 7 heteroatoms. The third-order valence-electron chi connectivity index (χ3n) is 2.94. The number of aromatic nitrogens is 2. The van der Waals surface area contributed by atoms with Gasteiger partial charge < -0.3 is 14.6 Å². The largest absolute Gasteiger partial charge is 0.489 e. The van der Waals surface area contributed by atoms with Crippen LogP contribution in [0.5, 0.6) is 11.5 Å². The molecule has 0 bridgehead atoms. The molecule has 20 heavy (non-hydrogen) atoms. The topological polar surface area (TPSA) is 84.4 Å². The molecule has 1 aromatic carbocycles. The Hall–Kier alpha value is -2.57. The summed E-state index contributed by atoms with van der Waals surface area (Å²) >= 11 is 0. The number of carboxylic acids is 1. The van der Waals surface area contributed by atoms with E-state index in [1.165, 1.54) is 12.1 Å². The molecule has 0 spiro atoms. The highest BCUT2D eigenvalue weighted by Gasteiger charge is 2.21. The number of ether oxygens (including phenoxy) is 2. The zero-order valence-electron chi connectivity index (χ0n) is 10.4. The van der Waals surface area contributed by atoms with Crippen LogP contribution in [0, 0.1) is 5.82 Å². The minimum absolute atomic E-state index is 0.0416. The first-order valence-corrected chi connectivity index (χ1v) is 6.04. The van der Waals surface area contributed by atoms with Gasteiger partial charge in [-0.2, -0.15) is 5.10 Å². The average Bonchev–Trinajstić information content (AvgIpc) is 2.78. The highest BCUT2D eigenvalue weighted by atomic mass is 19.1. The molecule has 0 aliphatic carbocycles. The van der Waals surface area contributed by atoms with Crippen LogP contribution in [-0.4, -0.2) is 34.5 Å². The smallest absolute Gasteiger partial charge is 0.353 e. The van der Waals surface area contributed by atoms with Crippen molar-refractivity contribution in [1.29, 1.82) is 0 Å².